The molecule has 1 aromatic rings. The number of fused-ring (bicyclic) bond motifs is 1. The van der Waals surface area contributed by atoms with E-state index in [9.17, 15) is 19.5 Å². The van der Waals surface area contributed by atoms with Crippen LogP contribution in [0.1, 0.15) is 32.3 Å². The standard InChI is InChI=1S/C23H32N2O5S/c1-3-30-23(29)19(10-9-16-7-5-4-6-8-16)24-15(2)21(26)25-12-18-14-31-13-17(18)11-20(25)22(27)28/h4-8,15,17-20,24H,3,9-14H2,1-2H3,(H,27,28)/t15-,17?,18?,19?,20-/m0/s1. The van der Waals surface area contributed by atoms with Crippen LogP contribution in [0.3, 0.4) is 0 Å². The van der Waals surface area contributed by atoms with Crippen LogP contribution in [0, 0.1) is 11.8 Å². The zero-order valence-corrected chi connectivity index (χ0v) is 19.0. The van der Waals surface area contributed by atoms with Crippen molar-refractivity contribution >= 4 is 29.6 Å². The Morgan fingerprint density at radius 1 is 1.23 bits per heavy atom. The summed E-state index contributed by atoms with van der Waals surface area (Å²) in [4.78, 5) is 39.1. The van der Waals surface area contributed by atoms with Crippen LogP contribution in [0.15, 0.2) is 30.3 Å². The number of nitrogens with one attached hydrogen (secondary N) is 1. The van der Waals surface area contributed by atoms with E-state index in [0.717, 1.165) is 17.1 Å². The molecule has 3 rings (SSSR count). The molecule has 2 fully saturated rings. The van der Waals surface area contributed by atoms with Crippen molar-refractivity contribution < 1.29 is 24.2 Å². The summed E-state index contributed by atoms with van der Waals surface area (Å²) in [5, 5.41) is 12.8. The molecule has 0 aromatic heterocycles. The molecule has 170 valence electrons. The van der Waals surface area contributed by atoms with Crippen molar-refractivity contribution in [3.8, 4) is 0 Å². The number of benzene rings is 1. The van der Waals surface area contributed by atoms with Gasteiger partial charge in [0.05, 0.1) is 12.6 Å². The summed E-state index contributed by atoms with van der Waals surface area (Å²) in [7, 11) is 0. The average Bonchev–Trinajstić information content (AvgIpc) is 3.23. The number of ether oxygens (including phenoxy) is 1. The first-order valence-corrected chi connectivity index (χ1v) is 12.1. The Morgan fingerprint density at radius 2 is 1.94 bits per heavy atom. The summed E-state index contributed by atoms with van der Waals surface area (Å²) >= 11 is 1.83. The molecule has 1 amide bonds. The quantitative estimate of drug-likeness (QED) is 0.559. The number of hydrogen-bond donors (Lipinski definition) is 2. The van der Waals surface area contributed by atoms with Crippen molar-refractivity contribution in [1.82, 2.24) is 10.2 Å². The van der Waals surface area contributed by atoms with Crippen LogP contribution in [-0.4, -0.2) is 70.6 Å². The zero-order valence-electron chi connectivity index (χ0n) is 18.2. The molecule has 0 bridgehead atoms. The summed E-state index contributed by atoms with van der Waals surface area (Å²) in [5.74, 6) is 1.02. The summed E-state index contributed by atoms with van der Waals surface area (Å²) < 4.78 is 5.21. The molecule has 0 spiro atoms. The van der Waals surface area contributed by atoms with Gasteiger partial charge in [-0.25, -0.2) is 4.79 Å². The lowest BCUT2D eigenvalue weighted by molar-refractivity contribution is -0.155. The molecular weight excluding hydrogens is 416 g/mol. The highest BCUT2D eigenvalue weighted by Gasteiger charge is 2.44. The normalized spacial score (nSPS) is 24.8. The number of aryl methyl sites for hydroxylation is 1. The van der Waals surface area contributed by atoms with E-state index >= 15 is 0 Å². The third-order valence-electron chi connectivity index (χ3n) is 6.19. The molecule has 0 radical (unpaired) electrons. The lowest BCUT2D eigenvalue weighted by atomic mass is 9.84. The van der Waals surface area contributed by atoms with Crippen molar-refractivity contribution in [3.63, 3.8) is 0 Å². The number of carboxylic acids is 1. The van der Waals surface area contributed by atoms with E-state index in [0.29, 0.717) is 37.6 Å². The molecule has 3 unspecified atom stereocenters. The molecule has 0 aliphatic carbocycles. The molecule has 31 heavy (non-hydrogen) atoms. The van der Waals surface area contributed by atoms with Crippen LogP contribution < -0.4 is 5.32 Å². The minimum atomic E-state index is -0.957. The van der Waals surface area contributed by atoms with Gasteiger partial charge < -0.3 is 14.7 Å². The number of nitrogens with zero attached hydrogens (tertiary/aromatic N) is 1. The van der Waals surface area contributed by atoms with Gasteiger partial charge in [0.2, 0.25) is 5.91 Å². The third-order valence-corrected chi connectivity index (χ3v) is 7.52. The number of piperidine rings is 1. The van der Waals surface area contributed by atoms with Crippen molar-refractivity contribution in [2.24, 2.45) is 11.8 Å². The van der Waals surface area contributed by atoms with E-state index in [-0.39, 0.29) is 12.5 Å². The second kappa shape index (κ2) is 11.0. The number of carbonyl (C=O) groups is 3. The lowest BCUT2D eigenvalue weighted by Gasteiger charge is -2.40. The number of amides is 1. The van der Waals surface area contributed by atoms with Crippen LogP contribution in [0.25, 0.3) is 0 Å². The summed E-state index contributed by atoms with van der Waals surface area (Å²) in [6.45, 7) is 4.18. The van der Waals surface area contributed by atoms with Gasteiger partial charge in [0.25, 0.3) is 0 Å². The van der Waals surface area contributed by atoms with Crippen LogP contribution in [0.2, 0.25) is 0 Å². The van der Waals surface area contributed by atoms with E-state index in [4.69, 9.17) is 4.74 Å². The third kappa shape index (κ3) is 6.01. The molecule has 2 aliphatic heterocycles. The highest BCUT2D eigenvalue weighted by molar-refractivity contribution is 7.99. The van der Waals surface area contributed by atoms with Crippen LogP contribution in [0.4, 0.5) is 0 Å². The molecule has 2 N–H and O–H groups in total. The van der Waals surface area contributed by atoms with E-state index in [1.807, 2.05) is 42.1 Å². The number of likely N-dealkylation sites (tertiary alicyclic amines) is 1. The van der Waals surface area contributed by atoms with Gasteiger partial charge in [0.15, 0.2) is 0 Å². The maximum atomic E-state index is 13.2. The fourth-order valence-electron chi connectivity index (χ4n) is 4.47. The van der Waals surface area contributed by atoms with Gasteiger partial charge in [0.1, 0.15) is 12.1 Å². The number of esters is 1. The second-order valence-corrected chi connectivity index (χ2v) is 9.43. The van der Waals surface area contributed by atoms with Gasteiger partial charge >= 0.3 is 11.9 Å². The Hall–Kier alpha value is -2.06. The maximum Gasteiger partial charge on any atom is 0.326 e. The summed E-state index contributed by atoms with van der Waals surface area (Å²) in [5.41, 5.74) is 1.10. The predicted molar refractivity (Wildman–Crippen MR) is 120 cm³/mol. The van der Waals surface area contributed by atoms with Crippen molar-refractivity contribution in [1.29, 1.82) is 0 Å². The van der Waals surface area contributed by atoms with Crippen LogP contribution >= 0.6 is 11.8 Å². The second-order valence-electron chi connectivity index (χ2n) is 8.36. The van der Waals surface area contributed by atoms with E-state index < -0.39 is 30.1 Å². The minimum absolute atomic E-state index is 0.263. The molecule has 5 atom stereocenters. The monoisotopic (exact) mass is 448 g/mol. The predicted octanol–water partition coefficient (Wildman–Crippen LogP) is 2.19. The van der Waals surface area contributed by atoms with Gasteiger partial charge in [-0.05, 0) is 62.0 Å². The van der Waals surface area contributed by atoms with Gasteiger partial charge in [-0.3, -0.25) is 14.9 Å². The van der Waals surface area contributed by atoms with Crippen molar-refractivity contribution in [2.45, 2.75) is 51.2 Å². The first-order valence-electron chi connectivity index (χ1n) is 11.0. The Kier molecular flexibility index (Phi) is 8.37. The molecule has 1 aromatic carbocycles. The molecule has 7 nitrogen and oxygen atoms in total. The van der Waals surface area contributed by atoms with Gasteiger partial charge in [-0.1, -0.05) is 30.3 Å². The van der Waals surface area contributed by atoms with Crippen LogP contribution in [-0.2, 0) is 25.5 Å². The highest BCUT2D eigenvalue weighted by atomic mass is 32.2. The number of thioether (sulfide) groups is 1. The highest BCUT2D eigenvalue weighted by Crippen LogP contribution is 2.38. The first-order chi connectivity index (χ1) is 14.9. The van der Waals surface area contributed by atoms with Crippen LogP contribution in [0.5, 0.6) is 0 Å². The topological polar surface area (TPSA) is 95.9 Å². The molecule has 2 heterocycles. The van der Waals surface area contributed by atoms with Crippen molar-refractivity contribution in [3.05, 3.63) is 35.9 Å². The number of rotatable bonds is 9. The average molecular weight is 449 g/mol. The Morgan fingerprint density at radius 3 is 2.61 bits per heavy atom. The minimum Gasteiger partial charge on any atom is -0.480 e. The zero-order chi connectivity index (χ0) is 22.4. The van der Waals surface area contributed by atoms with Crippen molar-refractivity contribution in [2.75, 3.05) is 24.7 Å². The lowest BCUT2D eigenvalue weighted by Crippen LogP contribution is -2.59. The number of hydrogen-bond acceptors (Lipinski definition) is 6. The maximum absolute atomic E-state index is 13.2. The summed E-state index contributed by atoms with van der Waals surface area (Å²) in [6.07, 6.45) is 1.66. The van der Waals surface area contributed by atoms with E-state index in [1.165, 1.54) is 4.90 Å². The molecule has 2 aliphatic rings. The van der Waals surface area contributed by atoms with Gasteiger partial charge in [0, 0.05) is 6.54 Å². The van der Waals surface area contributed by atoms with E-state index in [1.54, 1.807) is 13.8 Å². The number of carboxylic acid groups (broad SMARTS) is 1. The number of carbonyl (C=O) groups excluding carboxylic acids is 2. The Bertz CT molecular complexity index is 774. The fourth-order valence-corrected chi connectivity index (χ4v) is 5.99. The smallest absolute Gasteiger partial charge is 0.326 e. The molecule has 2 saturated heterocycles. The molecular formula is C23H32N2O5S. The number of aliphatic carboxylic acids is 1. The largest absolute Gasteiger partial charge is 0.480 e. The molecule has 8 heteroatoms. The SMILES string of the molecule is CCOC(=O)C(CCc1ccccc1)N[C@@H](C)C(=O)N1CC2CSCC2C[C@H]1C(=O)O. The fraction of sp³-hybridized carbons (Fsp3) is 0.609. The Labute approximate surface area is 187 Å². The van der Waals surface area contributed by atoms with Gasteiger partial charge in [-0.2, -0.15) is 11.8 Å². The summed E-state index contributed by atoms with van der Waals surface area (Å²) in [6, 6.07) is 7.71. The first kappa shape index (κ1) is 23.6. The Balaban J connectivity index is 1.67. The van der Waals surface area contributed by atoms with Gasteiger partial charge in [-0.15, -0.1) is 0 Å². The van der Waals surface area contributed by atoms with E-state index in [2.05, 4.69) is 5.32 Å². The molecule has 0 saturated carbocycles.